The van der Waals surface area contributed by atoms with E-state index in [4.69, 9.17) is 10.00 Å². The minimum Gasteiger partial charge on any atom is -0.385 e. The molecule has 1 aliphatic rings. The molecule has 0 amide bonds. The van der Waals surface area contributed by atoms with Crippen LogP contribution in [-0.4, -0.2) is 19.8 Å². The van der Waals surface area contributed by atoms with Crippen LogP contribution in [0.5, 0.6) is 0 Å². The van der Waals surface area contributed by atoms with E-state index in [1.54, 1.807) is 6.07 Å². The molecule has 1 aromatic rings. The summed E-state index contributed by atoms with van der Waals surface area (Å²) >= 11 is 0. The lowest BCUT2D eigenvalue weighted by Crippen LogP contribution is -2.09. The molecule has 1 N–H and O–H groups in total. The molecule has 0 spiro atoms. The van der Waals surface area contributed by atoms with Crippen molar-refractivity contribution in [3.63, 3.8) is 0 Å². The molecule has 17 heavy (non-hydrogen) atoms. The van der Waals surface area contributed by atoms with Crippen molar-refractivity contribution in [3.05, 3.63) is 29.6 Å². The van der Waals surface area contributed by atoms with Gasteiger partial charge in [-0.2, -0.15) is 5.26 Å². The molecule has 0 aliphatic carbocycles. The summed E-state index contributed by atoms with van der Waals surface area (Å²) in [5.74, 6) is 0.224. The van der Waals surface area contributed by atoms with Crippen LogP contribution in [0.15, 0.2) is 18.2 Å². The molecule has 90 valence electrons. The van der Waals surface area contributed by atoms with Crippen molar-refractivity contribution in [2.75, 3.05) is 25.1 Å². The highest BCUT2D eigenvalue weighted by Crippen LogP contribution is 2.17. The summed E-state index contributed by atoms with van der Waals surface area (Å²) in [6.07, 6.45) is 2.12. The third kappa shape index (κ3) is 3.43. The summed E-state index contributed by atoms with van der Waals surface area (Å²) in [4.78, 5) is 0. The molecule has 2 rings (SSSR count). The topological polar surface area (TPSA) is 45.0 Å². The van der Waals surface area contributed by atoms with E-state index >= 15 is 0 Å². The smallest absolute Gasteiger partial charge is 0.126 e. The highest BCUT2D eigenvalue weighted by Gasteiger charge is 2.14. The van der Waals surface area contributed by atoms with E-state index in [2.05, 4.69) is 5.32 Å². The Morgan fingerprint density at radius 2 is 2.35 bits per heavy atom. The van der Waals surface area contributed by atoms with E-state index in [-0.39, 0.29) is 5.82 Å². The lowest BCUT2D eigenvalue weighted by Gasteiger charge is -2.10. The maximum atomic E-state index is 13.1. The molecular weight excluding hydrogens is 219 g/mol. The highest BCUT2D eigenvalue weighted by molar-refractivity contribution is 5.49. The quantitative estimate of drug-likeness (QED) is 0.870. The monoisotopic (exact) mass is 234 g/mol. The van der Waals surface area contributed by atoms with Gasteiger partial charge in [0, 0.05) is 25.4 Å². The summed E-state index contributed by atoms with van der Waals surface area (Å²) in [5, 5.41) is 11.9. The molecule has 1 heterocycles. The number of nitrogens with one attached hydrogen (secondary N) is 1. The molecule has 0 radical (unpaired) electrons. The molecule has 1 saturated heterocycles. The molecule has 1 aromatic carbocycles. The molecule has 0 saturated carbocycles. The van der Waals surface area contributed by atoms with Crippen LogP contribution in [0.25, 0.3) is 0 Å². The zero-order valence-corrected chi connectivity index (χ0v) is 9.58. The van der Waals surface area contributed by atoms with Crippen LogP contribution in [0.2, 0.25) is 0 Å². The number of nitriles is 1. The Balaban J connectivity index is 1.85. The van der Waals surface area contributed by atoms with Crippen LogP contribution in [0.4, 0.5) is 10.1 Å². The Morgan fingerprint density at radius 1 is 1.47 bits per heavy atom. The minimum absolute atomic E-state index is 0.344. The molecule has 1 unspecified atom stereocenters. The first-order valence-electron chi connectivity index (χ1n) is 5.80. The van der Waals surface area contributed by atoms with E-state index in [0.29, 0.717) is 17.2 Å². The van der Waals surface area contributed by atoms with Crippen molar-refractivity contribution in [2.24, 2.45) is 5.92 Å². The van der Waals surface area contributed by atoms with Crippen molar-refractivity contribution in [1.82, 2.24) is 0 Å². The lowest BCUT2D eigenvalue weighted by molar-refractivity contribution is 0.185. The Bertz CT molecular complexity index is 422. The molecule has 0 bridgehead atoms. The van der Waals surface area contributed by atoms with Crippen molar-refractivity contribution < 1.29 is 9.13 Å². The van der Waals surface area contributed by atoms with Gasteiger partial charge in [-0.25, -0.2) is 4.39 Å². The van der Waals surface area contributed by atoms with E-state index in [0.717, 1.165) is 32.6 Å². The number of anilines is 1. The standard InChI is InChI=1S/C13H15FN2O/c14-12-5-11(8-15)6-13(7-12)16-3-1-10-2-4-17-9-10/h5-7,10,16H,1-4,9H2. The van der Waals surface area contributed by atoms with E-state index in [9.17, 15) is 4.39 Å². The van der Waals surface area contributed by atoms with Crippen molar-refractivity contribution in [2.45, 2.75) is 12.8 Å². The Hall–Kier alpha value is -1.60. The summed E-state index contributed by atoms with van der Waals surface area (Å²) in [5.41, 5.74) is 1.01. The first-order valence-corrected chi connectivity index (χ1v) is 5.80. The Morgan fingerprint density at radius 3 is 3.06 bits per heavy atom. The number of nitrogens with zero attached hydrogens (tertiary/aromatic N) is 1. The van der Waals surface area contributed by atoms with Crippen LogP contribution in [0.1, 0.15) is 18.4 Å². The fourth-order valence-corrected chi connectivity index (χ4v) is 1.99. The molecular formula is C13H15FN2O. The van der Waals surface area contributed by atoms with Crippen LogP contribution in [0, 0.1) is 23.1 Å². The average Bonchev–Trinajstić information content (AvgIpc) is 2.81. The van der Waals surface area contributed by atoms with Gasteiger partial charge in [-0.1, -0.05) is 0 Å². The number of hydrogen-bond acceptors (Lipinski definition) is 3. The largest absolute Gasteiger partial charge is 0.385 e. The van der Waals surface area contributed by atoms with Crippen molar-refractivity contribution in [3.8, 4) is 6.07 Å². The molecule has 3 nitrogen and oxygen atoms in total. The second-order valence-corrected chi connectivity index (χ2v) is 4.29. The van der Waals surface area contributed by atoms with E-state index < -0.39 is 0 Å². The van der Waals surface area contributed by atoms with E-state index in [1.807, 2.05) is 6.07 Å². The predicted octanol–water partition coefficient (Wildman–Crippen LogP) is 2.54. The zero-order chi connectivity index (χ0) is 12.1. The summed E-state index contributed by atoms with van der Waals surface area (Å²) in [7, 11) is 0. The number of halogens is 1. The van der Waals surface area contributed by atoms with Gasteiger partial charge in [-0.05, 0) is 37.0 Å². The lowest BCUT2D eigenvalue weighted by atomic mass is 10.1. The molecule has 1 aliphatic heterocycles. The second kappa shape index (κ2) is 5.65. The Labute approximate surface area is 100 Å². The number of ether oxygens (including phenoxy) is 1. The SMILES string of the molecule is N#Cc1cc(F)cc(NCCC2CCOC2)c1. The number of rotatable bonds is 4. The predicted molar refractivity (Wildman–Crippen MR) is 63.1 cm³/mol. The second-order valence-electron chi connectivity index (χ2n) is 4.29. The maximum absolute atomic E-state index is 13.1. The molecule has 1 atom stereocenters. The number of hydrogen-bond donors (Lipinski definition) is 1. The first kappa shape index (κ1) is 11.9. The highest BCUT2D eigenvalue weighted by atomic mass is 19.1. The first-order chi connectivity index (χ1) is 8.28. The van der Waals surface area contributed by atoms with Gasteiger partial charge >= 0.3 is 0 Å². The van der Waals surface area contributed by atoms with Crippen LogP contribution in [0.3, 0.4) is 0 Å². The van der Waals surface area contributed by atoms with Gasteiger partial charge < -0.3 is 10.1 Å². The fraction of sp³-hybridized carbons (Fsp3) is 0.462. The van der Waals surface area contributed by atoms with Gasteiger partial charge in [0.1, 0.15) is 5.82 Å². The molecule has 1 fully saturated rings. The zero-order valence-electron chi connectivity index (χ0n) is 9.58. The molecule has 0 aromatic heterocycles. The fourth-order valence-electron chi connectivity index (χ4n) is 1.99. The number of benzene rings is 1. The van der Waals surface area contributed by atoms with Gasteiger partial charge in [0.05, 0.1) is 11.6 Å². The van der Waals surface area contributed by atoms with Crippen molar-refractivity contribution >= 4 is 5.69 Å². The Kier molecular flexibility index (Phi) is 3.94. The van der Waals surface area contributed by atoms with Crippen LogP contribution >= 0.6 is 0 Å². The summed E-state index contributed by atoms with van der Waals surface area (Å²) in [6, 6.07) is 6.24. The normalized spacial score (nSPS) is 18.9. The van der Waals surface area contributed by atoms with E-state index in [1.165, 1.54) is 12.1 Å². The van der Waals surface area contributed by atoms with Gasteiger partial charge in [-0.15, -0.1) is 0 Å². The molecule has 4 heteroatoms. The minimum atomic E-state index is -0.379. The van der Waals surface area contributed by atoms with Crippen molar-refractivity contribution in [1.29, 1.82) is 5.26 Å². The van der Waals surface area contributed by atoms with Gasteiger partial charge in [0.15, 0.2) is 0 Å². The van der Waals surface area contributed by atoms with Crippen LogP contribution < -0.4 is 5.32 Å². The van der Waals surface area contributed by atoms with Gasteiger partial charge in [0.2, 0.25) is 0 Å². The van der Waals surface area contributed by atoms with Gasteiger partial charge in [-0.3, -0.25) is 0 Å². The summed E-state index contributed by atoms with van der Waals surface area (Å²) < 4.78 is 18.4. The third-order valence-electron chi connectivity index (χ3n) is 2.93. The van der Waals surface area contributed by atoms with Gasteiger partial charge in [0.25, 0.3) is 0 Å². The third-order valence-corrected chi connectivity index (χ3v) is 2.93. The van der Waals surface area contributed by atoms with Crippen LogP contribution in [-0.2, 0) is 4.74 Å². The maximum Gasteiger partial charge on any atom is 0.126 e. The average molecular weight is 234 g/mol. The summed E-state index contributed by atoms with van der Waals surface area (Å²) in [6.45, 7) is 2.46.